The third-order valence-corrected chi connectivity index (χ3v) is 4.03. The smallest absolute Gasteiger partial charge is 0.254 e. The molecule has 6 nitrogen and oxygen atoms in total. The van der Waals surface area contributed by atoms with E-state index in [1.54, 1.807) is 19.9 Å². The van der Waals surface area contributed by atoms with Crippen molar-refractivity contribution < 1.29 is 18.8 Å². The zero-order valence-electron chi connectivity index (χ0n) is 14.5. The van der Waals surface area contributed by atoms with Gasteiger partial charge in [0.25, 0.3) is 5.91 Å². The molecule has 0 heterocycles. The van der Waals surface area contributed by atoms with Gasteiger partial charge in [-0.2, -0.15) is 0 Å². The lowest BCUT2D eigenvalue weighted by Gasteiger charge is -2.22. The highest BCUT2D eigenvalue weighted by atomic mass is 19.1. The zero-order valence-corrected chi connectivity index (χ0v) is 14.5. The highest BCUT2D eigenvalue weighted by molar-refractivity contribution is 5.97. The Morgan fingerprint density at radius 3 is 2.36 bits per heavy atom. The minimum absolute atomic E-state index is 0.0162. The number of benzene rings is 1. The summed E-state index contributed by atoms with van der Waals surface area (Å²) in [6.45, 7) is 4.20. The Kier molecular flexibility index (Phi) is 6.50. The van der Waals surface area contributed by atoms with E-state index in [0.717, 1.165) is 12.8 Å². The summed E-state index contributed by atoms with van der Waals surface area (Å²) in [5, 5.41) is 8.01. The highest BCUT2D eigenvalue weighted by Crippen LogP contribution is 2.28. The second kappa shape index (κ2) is 8.60. The second-order valence-electron chi connectivity index (χ2n) is 6.53. The maximum Gasteiger partial charge on any atom is 0.254 e. The van der Waals surface area contributed by atoms with Gasteiger partial charge in [0.15, 0.2) is 0 Å². The molecule has 1 aliphatic carbocycles. The van der Waals surface area contributed by atoms with Gasteiger partial charge >= 0.3 is 0 Å². The van der Waals surface area contributed by atoms with E-state index >= 15 is 0 Å². The van der Waals surface area contributed by atoms with Gasteiger partial charge < -0.3 is 16.0 Å². The van der Waals surface area contributed by atoms with Crippen LogP contribution in [0.2, 0.25) is 0 Å². The van der Waals surface area contributed by atoms with Gasteiger partial charge in [0.2, 0.25) is 11.8 Å². The quantitative estimate of drug-likeness (QED) is 0.617. The van der Waals surface area contributed by atoms with Gasteiger partial charge in [-0.3, -0.25) is 14.4 Å². The minimum Gasteiger partial charge on any atom is -0.354 e. The van der Waals surface area contributed by atoms with Crippen molar-refractivity contribution in [3.63, 3.8) is 0 Å². The van der Waals surface area contributed by atoms with Crippen LogP contribution < -0.4 is 16.0 Å². The molecule has 1 saturated carbocycles. The summed E-state index contributed by atoms with van der Waals surface area (Å²) in [5.74, 6) is -1.65. The van der Waals surface area contributed by atoms with Gasteiger partial charge in [0.1, 0.15) is 11.9 Å². The van der Waals surface area contributed by atoms with Gasteiger partial charge in [0, 0.05) is 19.0 Å². The Morgan fingerprint density at radius 2 is 1.76 bits per heavy atom. The number of hydrogen-bond acceptors (Lipinski definition) is 3. The normalized spacial score (nSPS) is 14.7. The Hall–Kier alpha value is -2.44. The van der Waals surface area contributed by atoms with Crippen molar-refractivity contribution in [2.24, 2.45) is 11.8 Å². The maximum absolute atomic E-state index is 13.7. The average Bonchev–Trinajstić information content (AvgIpc) is 3.41. The molecule has 1 atom stereocenters. The molecule has 1 unspecified atom stereocenters. The van der Waals surface area contributed by atoms with Crippen LogP contribution in [0.5, 0.6) is 0 Å². The van der Waals surface area contributed by atoms with E-state index in [1.165, 1.54) is 18.2 Å². The Morgan fingerprint density at radius 1 is 1.12 bits per heavy atom. The first-order valence-electron chi connectivity index (χ1n) is 8.51. The molecule has 0 radical (unpaired) electrons. The van der Waals surface area contributed by atoms with E-state index < -0.39 is 17.8 Å². The van der Waals surface area contributed by atoms with Crippen LogP contribution in [0.1, 0.15) is 37.0 Å². The van der Waals surface area contributed by atoms with E-state index in [1.807, 2.05) is 0 Å². The molecule has 1 aliphatic rings. The fourth-order valence-corrected chi connectivity index (χ4v) is 2.37. The van der Waals surface area contributed by atoms with Gasteiger partial charge in [-0.1, -0.05) is 26.0 Å². The van der Waals surface area contributed by atoms with Gasteiger partial charge in [-0.25, -0.2) is 4.39 Å². The van der Waals surface area contributed by atoms with E-state index in [2.05, 4.69) is 16.0 Å². The predicted molar refractivity (Wildman–Crippen MR) is 91.2 cm³/mol. The van der Waals surface area contributed by atoms with Crippen molar-refractivity contribution in [1.82, 2.24) is 16.0 Å². The molecule has 3 amide bonds. The Balaban J connectivity index is 1.84. The molecule has 3 N–H and O–H groups in total. The Bertz CT molecular complexity index is 644. The largest absolute Gasteiger partial charge is 0.354 e. The van der Waals surface area contributed by atoms with Crippen LogP contribution in [-0.2, 0) is 9.59 Å². The zero-order chi connectivity index (χ0) is 18.4. The molecule has 0 saturated heterocycles. The van der Waals surface area contributed by atoms with Crippen molar-refractivity contribution in [3.8, 4) is 0 Å². The standard InChI is InChI=1S/C18H24FN3O3/c1-11(2)15(22-17(24)13-5-3-4-6-14(13)19)18(25)21-10-9-20-16(23)12-7-8-12/h3-6,11-12,15H,7-10H2,1-2H3,(H,20,23)(H,21,25)(H,22,24). The summed E-state index contributed by atoms with van der Waals surface area (Å²) in [7, 11) is 0. The van der Waals surface area contributed by atoms with Crippen LogP contribution in [0.15, 0.2) is 24.3 Å². The van der Waals surface area contributed by atoms with Crippen molar-refractivity contribution in [1.29, 1.82) is 0 Å². The molecular weight excluding hydrogens is 325 g/mol. The lowest BCUT2D eigenvalue weighted by atomic mass is 10.0. The number of rotatable bonds is 8. The van der Waals surface area contributed by atoms with E-state index in [0.29, 0.717) is 6.54 Å². The fourth-order valence-electron chi connectivity index (χ4n) is 2.37. The first kappa shape index (κ1) is 18.9. The van der Waals surface area contributed by atoms with Crippen LogP contribution >= 0.6 is 0 Å². The van der Waals surface area contributed by atoms with Crippen LogP contribution in [0, 0.1) is 17.7 Å². The molecule has 0 spiro atoms. The number of amides is 3. The summed E-state index contributed by atoms with van der Waals surface area (Å²) in [6.07, 6.45) is 1.85. The molecule has 2 rings (SSSR count). The minimum atomic E-state index is -0.786. The van der Waals surface area contributed by atoms with Gasteiger partial charge in [0.05, 0.1) is 5.56 Å². The van der Waals surface area contributed by atoms with E-state index in [4.69, 9.17) is 0 Å². The number of nitrogens with one attached hydrogen (secondary N) is 3. The number of carbonyl (C=O) groups excluding carboxylic acids is 3. The molecular formula is C18H24FN3O3. The molecule has 0 bridgehead atoms. The van der Waals surface area contributed by atoms with Crippen LogP contribution in [0.25, 0.3) is 0 Å². The van der Waals surface area contributed by atoms with Crippen LogP contribution in [0.3, 0.4) is 0 Å². The highest BCUT2D eigenvalue weighted by Gasteiger charge is 2.29. The summed E-state index contributed by atoms with van der Waals surface area (Å²) in [5.41, 5.74) is -0.0994. The summed E-state index contributed by atoms with van der Waals surface area (Å²) in [6, 6.07) is 4.83. The summed E-state index contributed by atoms with van der Waals surface area (Å²) >= 11 is 0. The second-order valence-corrected chi connectivity index (χ2v) is 6.53. The molecule has 25 heavy (non-hydrogen) atoms. The van der Waals surface area contributed by atoms with Crippen molar-refractivity contribution in [3.05, 3.63) is 35.6 Å². The van der Waals surface area contributed by atoms with Crippen LogP contribution in [0.4, 0.5) is 4.39 Å². The number of carbonyl (C=O) groups is 3. The summed E-state index contributed by atoms with van der Waals surface area (Å²) in [4.78, 5) is 36.0. The molecule has 1 fully saturated rings. The molecule has 0 aromatic heterocycles. The van der Waals surface area contributed by atoms with Crippen molar-refractivity contribution in [2.75, 3.05) is 13.1 Å². The fraction of sp³-hybridized carbons (Fsp3) is 0.500. The monoisotopic (exact) mass is 349 g/mol. The number of hydrogen-bond donors (Lipinski definition) is 3. The SMILES string of the molecule is CC(C)C(NC(=O)c1ccccc1F)C(=O)NCCNC(=O)C1CC1. The molecule has 1 aromatic carbocycles. The lowest BCUT2D eigenvalue weighted by Crippen LogP contribution is -2.51. The third kappa shape index (κ3) is 5.55. The molecule has 1 aromatic rings. The van der Waals surface area contributed by atoms with Crippen LogP contribution in [-0.4, -0.2) is 36.9 Å². The number of halogens is 1. The first-order valence-corrected chi connectivity index (χ1v) is 8.51. The lowest BCUT2D eigenvalue weighted by molar-refractivity contribution is -0.125. The van der Waals surface area contributed by atoms with Gasteiger partial charge in [-0.15, -0.1) is 0 Å². The molecule has 0 aliphatic heterocycles. The van der Waals surface area contributed by atoms with E-state index in [-0.39, 0.29) is 35.8 Å². The topological polar surface area (TPSA) is 87.3 Å². The predicted octanol–water partition coefficient (Wildman–Crippen LogP) is 1.22. The summed E-state index contributed by atoms with van der Waals surface area (Å²) < 4.78 is 13.7. The Labute approximate surface area is 146 Å². The molecule has 7 heteroatoms. The van der Waals surface area contributed by atoms with Crippen molar-refractivity contribution in [2.45, 2.75) is 32.7 Å². The molecule has 136 valence electrons. The van der Waals surface area contributed by atoms with Gasteiger partial charge in [-0.05, 0) is 30.9 Å². The van der Waals surface area contributed by atoms with E-state index in [9.17, 15) is 18.8 Å². The third-order valence-electron chi connectivity index (χ3n) is 4.03. The average molecular weight is 349 g/mol. The van der Waals surface area contributed by atoms with Crippen molar-refractivity contribution >= 4 is 17.7 Å². The first-order chi connectivity index (χ1) is 11.9. The maximum atomic E-state index is 13.7.